The third-order valence-electron chi connectivity index (χ3n) is 5.29. The number of hydrogen-bond donors (Lipinski definition) is 1. The van der Waals surface area contributed by atoms with Gasteiger partial charge in [0.05, 0.1) is 23.3 Å². The molecule has 0 fully saturated rings. The molecule has 32 heavy (non-hydrogen) atoms. The van der Waals surface area contributed by atoms with Crippen LogP contribution in [0.1, 0.15) is 53.9 Å². The molecular weight excluding hydrogens is 417 g/mol. The van der Waals surface area contributed by atoms with E-state index in [1.807, 2.05) is 13.0 Å². The van der Waals surface area contributed by atoms with Crippen LogP contribution < -0.4 is 5.73 Å². The number of nitrogens with two attached hydrogens (primary N) is 1. The van der Waals surface area contributed by atoms with Crippen molar-refractivity contribution in [3.05, 3.63) is 65.0 Å². The Bertz CT molecular complexity index is 1090. The van der Waals surface area contributed by atoms with Gasteiger partial charge in [0.15, 0.2) is 0 Å². The first-order valence-electron chi connectivity index (χ1n) is 10.5. The number of halogens is 3. The fourth-order valence-corrected chi connectivity index (χ4v) is 3.44. The van der Waals surface area contributed by atoms with Crippen LogP contribution in [0.15, 0.2) is 42.6 Å². The van der Waals surface area contributed by atoms with E-state index in [0.29, 0.717) is 35.1 Å². The van der Waals surface area contributed by atoms with Crippen molar-refractivity contribution in [1.29, 1.82) is 0 Å². The third-order valence-corrected chi connectivity index (χ3v) is 5.29. The van der Waals surface area contributed by atoms with Gasteiger partial charge in [-0.3, -0.25) is 9.78 Å². The van der Waals surface area contributed by atoms with E-state index in [9.17, 15) is 18.0 Å². The maximum atomic E-state index is 13.3. The summed E-state index contributed by atoms with van der Waals surface area (Å²) in [5, 5.41) is 0.803. The van der Waals surface area contributed by atoms with Gasteiger partial charge in [0, 0.05) is 23.7 Å². The summed E-state index contributed by atoms with van der Waals surface area (Å²) in [7, 11) is 0. The third kappa shape index (κ3) is 5.75. The summed E-state index contributed by atoms with van der Waals surface area (Å²) < 4.78 is 38.5. The van der Waals surface area contributed by atoms with Gasteiger partial charge in [-0.25, -0.2) is 4.98 Å². The van der Waals surface area contributed by atoms with Crippen molar-refractivity contribution in [2.45, 2.75) is 46.3 Å². The van der Waals surface area contributed by atoms with Gasteiger partial charge in [-0.2, -0.15) is 13.2 Å². The monoisotopic (exact) mass is 444 g/mol. The summed E-state index contributed by atoms with van der Waals surface area (Å²) >= 11 is 0. The Kier molecular flexibility index (Phi) is 7.01. The Morgan fingerprint density at radius 2 is 1.91 bits per heavy atom. The molecule has 170 valence electrons. The normalized spacial score (nSPS) is 11.8. The van der Waals surface area contributed by atoms with E-state index in [1.165, 1.54) is 6.07 Å². The van der Waals surface area contributed by atoms with Crippen LogP contribution in [0.2, 0.25) is 0 Å². The summed E-state index contributed by atoms with van der Waals surface area (Å²) in [6.07, 6.45) is -1.92. The van der Waals surface area contributed by atoms with Crippen molar-refractivity contribution in [2.24, 2.45) is 5.92 Å². The lowest BCUT2D eigenvalue weighted by atomic mass is 10.1. The summed E-state index contributed by atoms with van der Waals surface area (Å²) in [5.74, 6) is 0.725. The molecule has 1 amide bonds. The minimum absolute atomic E-state index is 0.131. The molecule has 0 aliphatic rings. The average Bonchev–Trinajstić information content (AvgIpc) is 2.72. The Hall–Kier alpha value is -3.16. The van der Waals surface area contributed by atoms with Gasteiger partial charge in [0.2, 0.25) is 0 Å². The SMILES string of the molecule is Cc1cc2cc(C(=O)N(CCCC(C)C)Cc3ccc(C(F)(F)F)cn3)ccc2nc1N. The molecule has 3 aromatic rings. The second-order valence-electron chi connectivity index (χ2n) is 8.40. The maximum absolute atomic E-state index is 13.3. The van der Waals surface area contributed by atoms with Crippen molar-refractivity contribution < 1.29 is 18.0 Å². The first-order chi connectivity index (χ1) is 15.0. The van der Waals surface area contributed by atoms with Crippen LogP contribution in [0.25, 0.3) is 10.9 Å². The number of fused-ring (bicyclic) bond motifs is 1. The van der Waals surface area contributed by atoms with E-state index < -0.39 is 11.7 Å². The Morgan fingerprint density at radius 3 is 2.53 bits per heavy atom. The van der Waals surface area contributed by atoms with Gasteiger partial charge in [-0.1, -0.05) is 13.8 Å². The minimum Gasteiger partial charge on any atom is -0.383 e. The highest BCUT2D eigenvalue weighted by Crippen LogP contribution is 2.28. The van der Waals surface area contributed by atoms with E-state index >= 15 is 0 Å². The van der Waals surface area contributed by atoms with Gasteiger partial charge in [-0.05, 0) is 67.6 Å². The average molecular weight is 445 g/mol. The van der Waals surface area contributed by atoms with Crippen molar-refractivity contribution >= 4 is 22.6 Å². The van der Waals surface area contributed by atoms with Crippen LogP contribution in [-0.2, 0) is 12.7 Å². The summed E-state index contributed by atoms with van der Waals surface area (Å²) in [4.78, 5) is 23.2. The lowest BCUT2D eigenvalue weighted by Gasteiger charge is -2.23. The first kappa shape index (κ1) is 23.5. The molecule has 0 bridgehead atoms. The molecule has 2 aromatic heterocycles. The number of nitrogen functional groups attached to an aromatic ring is 1. The first-order valence-corrected chi connectivity index (χ1v) is 10.5. The molecule has 5 nitrogen and oxygen atoms in total. The number of carbonyl (C=O) groups excluding carboxylic acids is 1. The second kappa shape index (κ2) is 9.54. The van der Waals surface area contributed by atoms with Gasteiger partial charge in [0.25, 0.3) is 5.91 Å². The minimum atomic E-state index is -4.45. The molecule has 1 aromatic carbocycles. The smallest absolute Gasteiger partial charge is 0.383 e. The number of hydrogen-bond acceptors (Lipinski definition) is 4. The van der Waals surface area contributed by atoms with Crippen molar-refractivity contribution in [3.63, 3.8) is 0 Å². The quantitative estimate of drug-likeness (QED) is 0.514. The molecule has 3 rings (SSSR count). The molecular formula is C24H27F3N4O. The van der Waals surface area contributed by atoms with Crippen molar-refractivity contribution in [1.82, 2.24) is 14.9 Å². The second-order valence-corrected chi connectivity index (χ2v) is 8.40. The molecule has 2 heterocycles. The fraction of sp³-hybridized carbons (Fsp3) is 0.375. The van der Waals surface area contributed by atoms with Crippen LogP contribution in [0.4, 0.5) is 19.0 Å². The van der Waals surface area contributed by atoms with Gasteiger partial charge in [-0.15, -0.1) is 0 Å². The number of anilines is 1. The Balaban J connectivity index is 1.86. The molecule has 0 unspecified atom stereocenters. The summed E-state index contributed by atoms with van der Waals surface area (Å²) in [6.45, 7) is 6.68. The molecule has 0 atom stereocenters. The Labute approximate surface area is 185 Å². The van der Waals surface area contributed by atoms with Gasteiger partial charge >= 0.3 is 6.18 Å². The lowest BCUT2D eigenvalue weighted by Crippen LogP contribution is -2.32. The number of rotatable bonds is 7. The van der Waals surface area contributed by atoms with Crippen LogP contribution >= 0.6 is 0 Å². The highest BCUT2D eigenvalue weighted by Gasteiger charge is 2.30. The zero-order valence-corrected chi connectivity index (χ0v) is 18.4. The number of carbonyl (C=O) groups is 1. The van der Waals surface area contributed by atoms with E-state index in [2.05, 4.69) is 23.8 Å². The van der Waals surface area contributed by atoms with Gasteiger partial charge < -0.3 is 10.6 Å². The van der Waals surface area contributed by atoms with Gasteiger partial charge in [0.1, 0.15) is 5.82 Å². The van der Waals surface area contributed by atoms with Crippen LogP contribution in [0.3, 0.4) is 0 Å². The molecule has 2 N–H and O–H groups in total. The predicted octanol–water partition coefficient (Wildman–Crippen LogP) is 5.62. The predicted molar refractivity (Wildman–Crippen MR) is 119 cm³/mol. The molecule has 0 saturated carbocycles. The van der Waals surface area contributed by atoms with Crippen LogP contribution in [0, 0.1) is 12.8 Å². The highest BCUT2D eigenvalue weighted by molar-refractivity contribution is 5.98. The number of aryl methyl sites for hydroxylation is 1. The molecule has 0 saturated heterocycles. The fourth-order valence-electron chi connectivity index (χ4n) is 3.44. The number of alkyl halides is 3. The topological polar surface area (TPSA) is 72.1 Å². The standard InChI is InChI=1S/C24H27F3N4O/c1-15(2)5-4-10-31(14-20-8-7-19(13-29-20)24(25,26)27)23(32)17-6-9-21-18(12-17)11-16(3)22(28)30-21/h6-9,11-13,15H,4-5,10,14H2,1-3H3,(H2,28,30). The summed E-state index contributed by atoms with van der Waals surface area (Å²) in [5.41, 5.74) is 7.47. The zero-order chi connectivity index (χ0) is 23.5. The number of amides is 1. The van der Waals surface area contributed by atoms with Crippen LogP contribution in [-0.4, -0.2) is 27.3 Å². The number of benzene rings is 1. The molecule has 0 aliphatic heterocycles. The number of aromatic nitrogens is 2. The van der Waals surface area contributed by atoms with E-state index in [0.717, 1.165) is 36.1 Å². The van der Waals surface area contributed by atoms with E-state index in [-0.39, 0.29) is 12.5 Å². The summed E-state index contributed by atoms with van der Waals surface area (Å²) in [6, 6.07) is 9.42. The molecule has 0 spiro atoms. The molecule has 8 heteroatoms. The lowest BCUT2D eigenvalue weighted by molar-refractivity contribution is -0.137. The highest BCUT2D eigenvalue weighted by atomic mass is 19.4. The largest absolute Gasteiger partial charge is 0.417 e. The van der Waals surface area contributed by atoms with Crippen LogP contribution in [0.5, 0.6) is 0 Å². The van der Waals surface area contributed by atoms with Crippen molar-refractivity contribution in [3.8, 4) is 0 Å². The number of pyridine rings is 2. The van der Waals surface area contributed by atoms with E-state index in [1.54, 1.807) is 23.1 Å². The van der Waals surface area contributed by atoms with Crippen molar-refractivity contribution in [2.75, 3.05) is 12.3 Å². The zero-order valence-electron chi connectivity index (χ0n) is 18.4. The molecule has 0 radical (unpaired) electrons. The molecule has 0 aliphatic carbocycles. The number of nitrogens with zero attached hydrogens (tertiary/aromatic N) is 3. The van der Waals surface area contributed by atoms with E-state index in [4.69, 9.17) is 5.73 Å². The maximum Gasteiger partial charge on any atom is 0.417 e. The Morgan fingerprint density at radius 1 is 1.16 bits per heavy atom.